The zero-order chi connectivity index (χ0) is 16.9. The van der Waals surface area contributed by atoms with E-state index in [4.69, 9.17) is 23.2 Å². The fourth-order valence-electron chi connectivity index (χ4n) is 2.15. The first-order valence-electron chi connectivity index (χ1n) is 7.21. The summed E-state index contributed by atoms with van der Waals surface area (Å²) >= 11 is 13.7. The van der Waals surface area contributed by atoms with Crippen LogP contribution in [0.25, 0.3) is 11.5 Å². The first-order chi connectivity index (χ1) is 11.7. The van der Waals surface area contributed by atoms with Crippen molar-refractivity contribution >= 4 is 35.0 Å². The SMILES string of the molecule is C=CCn1c(SCc2ccc(Cl)cc2Cl)nnc1-c1ccccn1. The van der Waals surface area contributed by atoms with Gasteiger partial charge in [0.1, 0.15) is 5.69 Å². The number of rotatable bonds is 6. The fourth-order valence-corrected chi connectivity index (χ4v) is 3.66. The number of aromatic nitrogens is 4. The number of halogens is 2. The highest BCUT2D eigenvalue weighted by molar-refractivity contribution is 7.98. The quantitative estimate of drug-likeness (QED) is 0.442. The van der Waals surface area contributed by atoms with E-state index in [0.717, 1.165) is 22.2 Å². The van der Waals surface area contributed by atoms with Crippen molar-refractivity contribution in [3.05, 3.63) is 70.9 Å². The molecule has 4 nitrogen and oxygen atoms in total. The average molecular weight is 377 g/mol. The van der Waals surface area contributed by atoms with Crippen molar-refractivity contribution in [2.45, 2.75) is 17.5 Å². The molecular formula is C17H14Cl2N4S. The molecule has 0 atom stereocenters. The molecule has 0 bridgehead atoms. The monoisotopic (exact) mass is 376 g/mol. The van der Waals surface area contributed by atoms with Crippen molar-refractivity contribution < 1.29 is 0 Å². The van der Waals surface area contributed by atoms with Crippen molar-refractivity contribution in [3.8, 4) is 11.5 Å². The number of nitrogens with zero attached hydrogens (tertiary/aromatic N) is 4. The van der Waals surface area contributed by atoms with Crippen LogP contribution in [0.1, 0.15) is 5.56 Å². The summed E-state index contributed by atoms with van der Waals surface area (Å²) in [7, 11) is 0. The average Bonchev–Trinajstić information content (AvgIpc) is 2.98. The lowest BCUT2D eigenvalue weighted by atomic mass is 10.2. The summed E-state index contributed by atoms with van der Waals surface area (Å²) < 4.78 is 1.99. The van der Waals surface area contributed by atoms with Gasteiger partial charge in [-0.05, 0) is 29.8 Å². The molecule has 0 N–H and O–H groups in total. The van der Waals surface area contributed by atoms with Crippen LogP contribution in [-0.2, 0) is 12.3 Å². The van der Waals surface area contributed by atoms with Crippen LogP contribution in [0, 0.1) is 0 Å². The minimum atomic E-state index is 0.607. The predicted octanol–water partition coefficient (Wildman–Crippen LogP) is 5.13. The maximum absolute atomic E-state index is 6.23. The van der Waals surface area contributed by atoms with Crippen LogP contribution in [0.2, 0.25) is 10.0 Å². The van der Waals surface area contributed by atoms with E-state index in [2.05, 4.69) is 21.8 Å². The Hall–Kier alpha value is -1.82. The molecule has 0 aliphatic heterocycles. The minimum absolute atomic E-state index is 0.607. The summed E-state index contributed by atoms with van der Waals surface area (Å²) in [6.45, 7) is 4.42. The number of hydrogen-bond acceptors (Lipinski definition) is 4. The maximum Gasteiger partial charge on any atom is 0.192 e. The van der Waals surface area contributed by atoms with Gasteiger partial charge in [0.2, 0.25) is 0 Å². The second kappa shape index (κ2) is 7.83. The van der Waals surface area contributed by atoms with Gasteiger partial charge in [0.05, 0.1) is 0 Å². The molecule has 1 aromatic carbocycles. The number of hydrogen-bond donors (Lipinski definition) is 0. The molecule has 0 aliphatic carbocycles. The third-order valence-corrected chi connectivity index (χ3v) is 4.90. The van der Waals surface area contributed by atoms with Crippen LogP contribution >= 0.6 is 35.0 Å². The standard InChI is InChI=1S/C17H14Cl2N4S/c1-2-9-23-16(15-5-3-4-8-20-15)21-22-17(23)24-11-12-6-7-13(18)10-14(12)19/h2-8,10H,1,9,11H2. The Morgan fingerprint density at radius 1 is 1.17 bits per heavy atom. The van der Waals surface area contributed by atoms with Crippen molar-refractivity contribution in [2.75, 3.05) is 0 Å². The molecular weight excluding hydrogens is 363 g/mol. The van der Waals surface area contributed by atoms with Crippen molar-refractivity contribution in [2.24, 2.45) is 0 Å². The van der Waals surface area contributed by atoms with Crippen LogP contribution in [-0.4, -0.2) is 19.7 Å². The largest absolute Gasteiger partial charge is 0.297 e. The molecule has 122 valence electrons. The molecule has 0 spiro atoms. The van der Waals surface area contributed by atoms with Crippen molar-refractivity contribution in [1.29, 1.82) is 0 Å². The lowest BCUT2D eigenvalue weighted by Gasteiger charge is -2.08. The van der Waals surface area contributed by atoms with E-state index in [1.807, 2.05) is 41.0 Å². The van der Waals surface area contributed by atoms with Gasteiger partial charge in [-0.25, -0.2) is 0 Å². The van der Waals surface area contributed by atoms with Crippen LogP contribution in [0.4, 0.5) is 0 Å². The van der Waals surface area contributed by atoms with Crippen molar-refractivity contribution in [3.63, 3.8) is 0 Å². The highest BCUT2D eigenvalue weighted by Gasteiger charge is 2.14. The summed E-state index contributed by atoms with van der Waals surface area (Å²) in [5, 5.41) is 10.6. The molecule has 0 aliphatic rings. The molecule has 0 amide bonds. The highest BCUT2D eigenvalue weighted by atomic mass is 35.5. The van der Waals surface area contributed by atoms with Gasteiger partial charge in [0.15, 0.2) is 11.0 Å². The minimum Gasteiger partial charge on any atom is -0.297 e. The zero-order valence-electron chi connectivity index (χ0n) is 12.7. The smallest absolute Gasteiger partial charge is 0.192 e. The number of allylic oxidation sites excluding steroid dienone is 1. The number of thioether (sulfide) groups is 1. The van der Waals surface area contributed by atoms with Crippen LogP contribution < -0.4 is 0 Å². The van der Waals surface area contributed by atoms with Gasteiger partial charge in [-0.1, -0.05) is 53.2 Å². The number of benzene rings is 1. The van der Waals surface area contributed by atoms with Gasteiger partial charge < -0.3 is 0 Å². The lowest BCUT2D eigenvalue weighted by Crippen LogP contribution is -2.01. The van der Waals surface area contributed by atoms with Crippen molar-refractivity contribution in [1.82, 2.24) is 19.7 Å². The Morgan fingerprint density at radius 3 is 2.75 bits per heavy atom. The van der Waals surface area contributed by atoms with Crippen LogP contribution in [0.5, 0.6) is 0 Å². The van der Waals surface area contributed by atoms with Gasteiger partial charge in [-0.3, -0.25) is 9.55 Å². The lowest BCUT2D eigenvalue weighted by molar-refractivity contribution is 0.729. The van der Waals surface area contributed by atoms with Gasteiger partial charge in [-0.2, -0.15) is 0 Å². The van der Waals surface area contributed by atoms with E-state index in [-0.39, 0.29) is 0 Å². The Morgan fingerprint density at radius 2 is 2.04 bits per heavy atom. The van der Waals surface area contributed by atoms with E-state index in [0.29, 0.717) is 22.3 Å². The molecule has 24 heavy (non-hydrogen) atoms. The molecule has 0 saturated carbocycles. The molecule has 0 saturated heterocycles. The Labute approximate surface area is 154 Å². The molecule has 2 heterocycles. The zero-order valence-corrected chi connectivity index (χ0v) is 15.0. The second-order valence-electron chi connectivity index (χ2n) is 4.94. The Kier molecular flexibility index (Phi) is 5.56. The van der Waals surface area contributed by atoms with E-state index in [1.165, 1.54) is 0 Å². The summed E-state index contributed by atoms with van der Waals surface area (Å²) in [5.41, 5.74) is 1.78. The first-order valence-corrected chi connectivity index (χ1v) is 8.95. The second-order valence-corrected chi connectivity index (χ2v) is 6.73. The Bertz CT molecular complexity index is 849. The van der Waals surface area contributed by atoms with Gasteiger partial charge >= 0.3 is 0 Å². The first kappa shape index (κ1) is 17.0. The van der Waals surface area contributed by atoms with Gasteiger partial charge in [0, 0.05) is 28.5 Å². The van der Waals surface area contributed by atoms with E-state index in [9.17, 15) is 0 Å². The predicted molar refractivity (Wildman–Crippen MR) is 99.5 cm³/mol. The number of pyridine rings is 1. The molecule has 2 aromatic heterocycles. The topological polar surface area (TPSA) is 43.6 Å². The molecule has 3 rings (SSSR count). The highest BCUT2D eigenvalue weighted by Crippen LogP contribution is 2.29. The summed E-state index contributed by atoms with van der Waals surface area (Å²) in [4.78, 5) is 4.34. The summed E-state index contributed by atoms with van der Waals surface area (Å²) in [5.74, 6) is 1.40. The van der Waals surface area contributed by atoms with Crippen LogP contribution in [0.3, 0.4) is 0 Å². The van der Waals surface area contributed by atoms with E-state index >= 15 is 0 Å². The van der Waals surface area contributed by atoms with E-state index in [1.54, 1.807) is 24.0 Å². The molecule has 0 fully saturated rings. The summed E-state index contributed by atoms with van der Waals surface area (Å²) in [6, 6.07) is 11.2. The van der Waals surface area contributed by atoms with Gasteiger partial charge in [0.25, 0.3) is 0 Å². The van der Waals surface area contributed by atoms with Crippen LogP contribution in [0.15, 0.2) is 60.4 Å². The molecule has 0 unspecified atom stereocenters. The molecule has 0 radical (unpaired) electrons. The Balaban J connectivity index is 1.85. The third-order valence-electron chi connectivity index (χ3n) is 3.29. The van der Waals surface area contributed by atoms with Gasteiger partial charge in [-0.15, -0.1) is 16.8 Å². The normalized spacial score (nSPS) is 10.8. The summed E-state index contributed by atoms with van der Waals surface area (Å²) in [6.07, 6.45) is 3.55. The molecule has 7 heteroatoms. The van der Waals surface area contributed by atoms with E-state index < -0.39 is 0 Å². The third kappa shape index (κ3) is 3.80. The maximum atomic E-state index is 6.23. The molecule has 3 aromatic rings. The fraction of sp³-hybridized carbons (Fsp3) is 0.118.